The first-order valence-electron chi connectivity index (χ1n) is 7.57. The standard InChI is InChI=1S/C16H27N3/c1-5-8-19(12(2)3)16-10-14(9-13(4)18-16)11-17-15-6-7-15/h9-10,12,15,17H,5-8,11H2,1-4H3. The first-order chi connectivity index (χ1) is 9.10. The van der Waals surface area contributed by atoms with Crippen LogP contribution in [0, 0.1) is 6.92 Å². The van der Waals surface area contributed by atoms with E-state index in [2.05, 4.69) is 50.0 Å². The zero-order valence-electron chi connectivity index (χ0n) is 12.7. The summed E-state index contributed by atoms with van der Waals surface area (Å²) in [5.74, 6) is 1.13. The molecule has 0 saturated heterocycles. The molecule has 1 fully saturated rings. The molecule has 0 radical (unpaired) electrons. The van der Waals surface area contributed by atoms with Crippen LogP contribution in [0.3, 0.4) is 0 Å². The Morgan fingerprint density at radius 1 is 1.37 bits per heavy atom. The number of anilines is 1. The second kappa shape index (κ2) is 6.38. The fourth-order valence-corrected chi connectivity index (χ4v) is 2.40. The van der Waals surface area contributed by atoms with Gasteiger partial charge in [-0.1, -0.05) is 6.92 Å². The van der Waals surface area contributed by atoms with Crippen molar-refractivity contribution in [2.75, 3.05) is 11.4 Å². The lowest BCUT2D eigenvalue weighted by molar-refractivity contribution is 0.656. The number of rotatable bonds is 7. The van der Waals surface area contributed by atoms with E-state index in [1.165, 1.54) is 18.4 Å². The molecule has 0 aliphatic heterocycles. The third kappa shape index (κ3) is 4.20. The Labute approximate surface area is 117 Å². The minimum atomic E-state index is 0.499. The van der Waals surface area contributed by atoms with Gasteiger partial charge < -0.3 is 10.2 Å². The molecule has 3 nitrogen and oxygen atoms in total. The zero-order valence-corrected chi connectivity index (χ0v) is 12.7. The van der Waals surface area contributed by atoms with E-state index in [1.54, 1.807) is 0 Å². The molecule has 0 spiro atoms. The van der Waals surface area contributed by atoms with E-state index < -0.39 is 0 Å². The van der Waals surface area contributed by atoms with Crippen molar-refractivity contribution in [2.45, 2.75) is 65.6 Å². The van der Waals surface area contributed by atoms with Crippen molar-refractivity contribution in [1.29, 1.82) is 0 Å². The average molecular weight is 261 g/mol. The maximum Gasteiger partial charge on any atom is 0.129 e. The topological polar surface area (TPSA) is 28.2 Å². The van der Waals surface area contributed by atoms with Gasteiger partial charge in [0, 0.05) is 30.9 Å². The number of nitrogens with one attached hydrogen (secondary N) is 1. The monoisotopic (exact) mass is 261 g/mol. The summed E-state index contributed by atoms with van der Waals surface area (Å²) < 4.78 is 0. The highest BCUT2D eigenvalue weighted by molar-refractivity contribution is 5.43. The zero-order chi connectivity index (χ0) is 13.8. The molecular weight excluding hydrogens is 234 g/mol. The number of hydrogen-bond acceptors (Lipinski definition) is 3. The molecule has 0 amide bonds. The summed E-state index contributed by atoms with van der Waals surface area (Å²) in [5.41, 5.74) is 2.48. The first kappa shape index (κ1) is 14.3. The van der Waals surface area contributed by atoms with Crippen molar-refractivity contribution >= 4 is 5.82 Å². The van der Waals surface area contributed by atoms with E-state index in [1.807, 2.05) is 0 Å². The Morgan fingerprint density at radius 2 is 2.11 bits per heavy atom. The molecular formula is C16H27N3. The van der Waals surface area contributed by atoms with Crippen LogP contribution in [0.2, 0.25) is 0 Å². The average Bonchev–Trinajstić information content (AvgIpc) is 3.16. The minimum Gasteiger partial charge on any atom is -0.354 e. The molecule has 1 saturated carbocycles. The highest BCUT2D eigenvalue weighted by atomic mass is 15.2. The molecule has 1 aromatic rings. The van der Waals surface area contributed by atoms with Crippen LogP contribution >= 0.6 is 0 Å². The van der Waals surface area contributed by atoms with Crippen molar-refractivity contribution in [3.8, 4) is 0 Å². The van der Waals surface area contributed by atoms with Gasteiger partial charge in [-0.2, -0.15) is 0 Å². The van der Waals surface area contributed by atoms with Gasteiger partial charge in [0.05, 0.1) is 0 Å². The van der Waals surface area contributed by atoms with Crippen LogP contribution in [-0.2, 0) is 6.54 Å². The number of pyridine rings is 1. The number of hydrogen-bond donors (Lipinski definition) is 1. The maximum absolute atomic E-state index is 4.71. The van der Waals surface area contributed by atoms with E-state index in [0.29, 0.717) is 6.04 Å². The summed E-state index contributed by atoms with van der Waals surface area (Å²) in [4.78, 5) is 7.11. The lowest BCUT2D eigenvalue weighted by Gasteiger charge is -2.28. The van der Waals surface area contributed by atoms with Crippen LogP contribution in [0.25, 0.3) is 0 Å². The Bertz CT molecular complexity index is 410. The van der Waals surface area contributed by atoms with Gasteiger partial charge >= 0.3 is 0 Å². The van der Waals surface area contributed by atoms with Crippen molar-refractivity contribution < 1.29 is 0 Å². The van der Waals surface area contributed by atoms with E-state index in [0.717, 1.165) is 37.1 Å². The van der Waals surface area contributed by atoms with E-state index >= 15 is 0 Å². The predicted molar refractivity (Wildman–Crippen MR) is 81.6 cm³/mol. The summed E-state index contributed by atoms with van der Waals surface area (Å²) in [5, 5.41) is 3.58. The molecule has 1 heterocycles. The molecule has 1 N–H and O–H groups in total. The van der Waals surface area contributed by atoms with Crippen molar-refractivity contribution in [3.63, 3.8) is 0 Å². The van der Waals surface area contributed by atoms with E-state index in [4.69, 9.17) is 4.98 Å². The van der Waals surface area contributed by atoms with Crippen LogP contribution in [0.5, 0.6) is 0 Å². The third-order valence-electron chi connectivity index (χ3n) is 3.55. The van der Waals surface area contributed by atoms with Crippen LogP contribution in [-0.4, -0.2) is 23.6 Å². The second-order valence-electron chi connectivity index (χ2n) is 5.92. The molecule has 1 aliphatic carbocycles. The van der Waals surface area contributed by atoms with Gasteiger partial charge in [-0.15, -0.1) is 0 Å². The second-order valence-corrected chi connectivity index (χ2v) is 5.92. The molecule has 106 valence electrons. The van der Waals surface area contributed by atoms with Crippen LogP contribution in [0.4, 0.5) is 5.82 Å². The van der Waals surface area contributed by atoms with Crippen molar-refractivity contribution in [1.82, 2.24) is 10.3 Å². The molecule has 1 aromatic heterocycles. The maximum atomic E-state index is 4.71. The quantitative estimate of drug-likeness (QED) is 0.816. The third-order valence-corrected chi connectivity index (χ3v) is 3.55. The highest BCUT2D eigenvalue weighted by Crippen LogP contribution is 2.21. The van der Waals surface area contributed by atoms with Gasteiger partial charge in [0.1, 0.15) is 5.82 Å². The Morgan fingerprint density at radius 3 is 2.68 bits per heavy atom. The van der Waals surface area contributed by atoms with Gasteiger partial charge in [-0.3, -0.25) is 0 Å². The molecule has 0 aromatic carbocycles. The number of aromatic nitrogens is 1. The molecule has 2 rings (SSSR count). The number of aryl methyl sites for hydroxylation is 1. The molecule has 3 heteroatoms. The summed E-state index contributed by atoms with van der Waals surface area (Å²) in [6.45, 7) is 10.8. The van der Waals surface area contributed by atoms with Gasteiger partial charge in [0.2, 0.25) is 0 Å². The fraction of sp³-hybridized carbons (Fsp3) is 0.688. The van der Waals surface area contributed by atoms with Gasteiger partial charge in [0.15, 0.2) is 0 Å². The van der Waals surface area contributed by atoms with Crippen molar-refractivity contribution in [3.05, 3.63) is 23.4 Å². The molecule has 1 aliphatic rings. The molecule has 0 bridgehead atoms. The SMILES string of the molecule is CCCN(c1cc(CNC2CC2)cc(C)n1)C(C)C. The summed E-state index contributed by atoms with van der Waals surface area (Å²) in [7, 11) is 0. The highest BCUT2D eigenvalue weighted by Gasteiger charge is 2.20. The first-order valence-corrected chi connectivity index (χ1v) is 7.57. The predicted octanol–water partition coefficient (Wildman–Crippen LogP) is 3.27. The molecule has 19 heavy (non-hydrogen) atoms. The lowest BCUT2D eigenvalue weighted by Crippen LogP contribution is -2.32. The smallest absolute Gasteiger partial charge is 0.129 e. The largest absolute Gasteiger partial charge is 0.354 e. The molecule has 0 unspecified atom stereocenters. The van der Waals surface area contributed by atoms with E-state index in [-0.39, 0.29) is 0 Å². The summed E-state index contributed by atoms with van der Waals surface area (Å²) in [6, 6.07) is 5.70. The Hall–Kier alpha value is -1.09. The van der Waals surface area contributed by atoms with Crippen molar-refractivity contribution in [2.24, 2.45) is 0 Å². The minimum absolute atomic E-state index is 0.499. The van der Waals surface area contributed by atoms with Gasteiger partial charge in [-0.25, -0.2) is 4.98 Å². The van der Waals surface area contributed by atoms with Gasteiger partial charge in [0.25, 0.3) is 0 Å². The fourth-order valence-electron chi connectivity index (χ4n) is 2.40. The molecule has 0 atom stereocenters. The lowest BCUT2D eigenvalue weighted by atomic mass is 10.2. The van der Waals surface area contributed by atoms with Crippen LogP contribution in [0.1, 0.15) is 51.3 Å². The summed E-state index contributed by atoms with van der Waals surface area (Å²) in [6.07, 6.45) is 3.83. The van der Waals surface area contributed by atoms with Crippen LogP contribution < -0.4 is 10.2 Å². The van der Waals surface area contributed by atoms with Crippen LogP contribution in [0.15, 0.2) is 12.1 Å². The number of nitrogens with zero attached hydrogens (tertiary/aromatic N) is 2. The summed E-state index contributed by atoms with van der Waals surface area (Å²) >= 11 is 0. The van der Waals surface area contributed by atoms with Gasteiger partial charge in [-0.05, 0) is 57.7 Å². The Balaban J connectivity index is 2.12. The Kier molecular flexibility index (Phi) is 4.81. The van der Waals surface area contributed by atoms with E-state index in [9.17, 15) is 0 Å². The normalized spacial score (nSPS) is 15.0.